The molecule has 0 spiro atoms. The highest BCUT2D eigenvalue weighted by Gasteiger charge is 2.02. The lowest BCUT2D eigenvalue weighted by molar-refractivity contribution is -0.117. The molecule has 0 aliphatic carbocycles. The van der Waals surface area contributed by atoms with Crippen LogP contribution in [0.2, 0.25) is 0 Å². The molecular weight excluding hydrogens is 169 g/mol. The normalized spacial score (nSPS) is 9.23. The number of hydrogen-bond donors (Lipinski definition) is 0. The predicted octanol–water partition coefficient (Wildman–Crippen LogP) is 1.85. The first-order valence-electron chi connectivity index (χ1n) is 3.85. The molecular formula is C10H8FNO. The van der Waals surface area contributed by atoms with E-state index in [-0.39, 0.29) is 24.4 Å². The van der Waals surface area contributed by atoms with Crippen LogP contribution >= 0.6 is 0 Å². The van der Waals surface area contributed by atoms with Crippen LogP contribution in [0.1, 0.15) is 12.0 Å². The Kier molecular flexibility index (Phi) is 3.15. The van der Waals surface area contributed by atoms with E-state index < -0.39 is 0 Å². The Morgan fingerprint density at radius 1 is 1.38 bits per heavy atom. The lowest BCUT2D eigenvalue weighted by atomic mass is 10.1. The number of rotatable bonds is 3. The molecule has 13 heavy (non-hydrogen) atoms. The lowest BCUT2D eigenvalue weighted by Gasteiger charge is -1.96. The summed E-state index contributed by atoms with van der Waals surface area (Å²) in [6, 6.07) is 7.47. The van der Waals surface area contributed by atoms with Gasteiger partial charge in [0.1, 0.15) is 5.82 Å². The quantitative estimate of drug-likeness (QED) is 0.706. The lowest BCUT2D eigenvalue weighted by Crippen LogP contribution is -2.00. The van der Waals surface area contributed by atoms with Crippen LogP contribution in [0.15, 0.2) is 24.3 Å². The van der Waals surface area contributed by atoms with Gasteiger partial charge < -0.3 is 0 Å². The molecule has 0 unspecified atom stereocenters. The molecule has 0 fully saturated rings. The Labute approximate surface area is 75.6 Å². The summed E-state index contributed by atoms with van der Waals surface area (Å²) >= 11 is 0. The van der Waals surface area contributed by atoms with Gasteiger partial charge in [-0.3, -0.25) is 4.79 Å². The van der Waals surface area contributed by atoms with Gasteiger partial charge >= 0.3 is 0 Å². The number of hydrogen-bond acceptors (Lipinski definition) is 2. The van der Waals surface area contributed by atoms with Crippen molar-refractivity contribution in [3.8, 4) is 6.07 Å². The molecule has 0 aliphatic heterocycles. The Bertz CT molecular complexity index is 337. The van der Waals surface area contributed by atoms with E-state index in [0.29, 0.717) is 0 Å². The molecule has 0 saturated carbocycles. The first-order chi connectivity index (χ1) is 6.22. The van der Waals surface area contributed by atoms with Crippen LogP contribution in [0.25, 0.3) is 0 Å². The van der Waals surface area contributed by atoms with Gasteiger partial charge in [0.15, 0.2) is 5.78 Å². The van der Waals surface area contributed by atoms with E-state index in [1.54, 1.807) is 18.2 Å². The molecule has 66 valence electrons. The Morgan fingerprint density at radius 3 is 2.54 bits per heavy atom. The molecule has 0 bridgehead atoms. The topological polar surface area (TPSA) is 40.9 Å². The van der Waals surface area contributed by atoms with E-state index in [1.165, 1.54) is 12.1 Å². The molecule has 1 rings (SSSR count). The van der Waals surface area contributed by atoms with Crippen molar-refractivity contribution in [2.75, 3.05) is 0 Å². The second-order valence-electron chi connectivity index (χ2n) is 2.68. The summed E-state index contributed by atoms with van der Waals surface area (Å²) in [5.74, 6) is -0.467. The highest BCUT2D eigenvalue weighted by molar-refractivity contribution is 5.82. The third kappa shape index (κ3) is 3.04. The first kappa shape index (κ1) is 9.40. The van der Waals surface area contributed by atoms with Gasteiger partial charge in [0.25, 0.3) is 0 Å². The Balaban J connectivity index is 2.60. The molecule has 0 N–H and O–H groups in total. The number of carbonyl (C=O) groups excluding carboxylic acids is 1. The van der Waals surface area contributed by atoms with Crippen LogP contribution < -0.4 is 0 Å². The van der Waals surface area contributed by atoms with Crippen molar-refractivity contribution in [1.29, 1.82) is 5.26 Å². The monoisotopic (exact) mass is 177 g/mol. The average molecular weight is 177 g/mol. The first-order valence-corrected chi connectivity index (χ1v) is 3.85. The van der Waals surface area contributed by atoms with Crippen LogP contribution in [-0.2, 0) is 11.2 Å². The Morgan fingerprint density at radius 2 is 2.00 bits per heavy atom. The maximum absolute atomic E-state index is 12.4. The zero-order valence-electron chi connectivity index (χ0n) is 6.96. The maximum Gasteiger partial charge on any atom is 0.151 e. The standard InChI is InChI=1S/C10H8FNO/c11-9-3-1-8(2-4-9)7-10(13)5-6-12/h1-4H,5,7H2. The molecule has 2 nitrogen and oxygen atoms in total. The number of carbonyl (C=O) groups is 1. The number of benzene rings is 1. The van der Waals surface area contributed by atoms with Crippen molar-refractivity contribution in [2.24, 2.45) is 0 Å². The van der Waals surface area contributed by atoms with Gasteiger partial charge in [0.2, 0.25) is 0 Å². The average Bonchev–Trinajstić information content (AvgIpc) is 2.09. The van der Waals surface area contributed by atoms with Crippen molar-refractivity contribution < 1.29 is 9.18 Å². The number of Topliss-reactive ketones (excluding diaryl/α,β-unsaturated/α-hetero) is 1. The van der Waals surface area contributed by atoms with Gasteiger partial charge in [-0.1, -0.05) is 12.1 Å². The van der Waals surface area contributed by atoms with Crippen molar-refractivity contribution in [1.82, 2.24) is 0 Å². The van der Waals surface area contributed by atoms with E-state index in [0.717, 1.165) is 5.56 Å². The molecule has 0 aromatic heterocycles. The van der Waals surface area contributed by atoms with Crippen LogP contribution in [-0.4, -0.2) is 5.78 Å². The minimum Gasteiger partial charge on any atom is -0.298 e. The van der Waals surface area contributed by atoms with Gasteiger partial charge in [-0.25, -0.2) is 4.39 Å². The second kappa shape index (κ2) is 4.36. The SMILES string of the molecule is N#CCC(=O)Cc1ccc(F)cc1. The predicted molar refractivity (Wildman–Crippen MR) is 45.3 cm³/mol. The molecule has 1 aromatic carbocycles. The minimum atomic E-state index is -0.323. The fraction of sp³-hybridized carbons (Fsp3) is 0.200. The van der Waals surface area contributed by atoms with E-state index >= 15 is 0 Å². The summed E-state index contributed by atoms with van der Waals surface area (Å²) in [5, 5.41) is 8.23. The molecule has 0 amide bonds. The van der Waals surface area contributed by atoms with E-state index in [1.807, 2.05) is 0 Å². The zero-order chi connectivity index (χ0) is 9.68. The number of nitrogens with zero attached hydrogens (tertiary/aromatic N) is 1. The highest BCUT2D eigenvalue weighted by atomic mass is 19.1. The molecule has 0 radical (unpaired) electrons. The van der Waals surface area contributed by atoms with Crippen LogP contribution in [0.3, 0.4) is 0 Å². The molecule has 0 atom stereocenters. The Hall–Kier alpha value is -1.69. The van der Waals surface area contributed by atoms with E-state index in [4.69, 9.17) is 5.26 Å². The fourth-order valence-corrected chi connectivity index (χ4v) is 0.981. The summed E-state index contributed by atoms with van der Waals surface area (Å²) in [4.78, 5) is 11.0. The third-order valence-corrected chi connectivity index (χ3v) is 1.59. The number of ketones is 1. The highest BCUT2D eigenvalue weighted by Crippen LogP contribution is 2.04. The molecule has 1 aromatic rings. The second-order valence-corrected chi connectivity index (χ2v) is 2.68. The number of halogens is 1. The molecule has 0 saturated heterocycles. The molecule has 0 aliphatic rings. The van der Waals surface area contributed by atoms with Gasteiger partial charge in [0.05, 0.1) is 12.5 Å². The largest absolute Gasteiger partial charge is 0.298 e. The van der Waals surface area contributed by atoms with Crippen molar-refractivity contribution >= 4 is 5.78 Å². The summed E-state index contributed by atoms with van der Waals surface area (Å²) in [5.41, 5.74) is 0.738. The van der Waals surface area contributed by atoms with Crippen LogP contribution in [0, 0.1) is 17.1 Å². The van der Waals surface area contributed by atoms with Crippen LogP contribution in [0.4, 0.5) is 4.39 Å². The van der Waals surface area contributed by atoms with Crippen molar-refractivity contribution in [2.45, 2.75) is 12.8 Å². The van der Waals surface area contributed by atoms with Gasteiger partial charge in [-0.05, 0) is 17.7 Å². The fourth-order valence-electron chi connectivity index (χ4n) is 0.981. The molecule has 3 heteroatoms. The van der Waals surface area contributed by atoms with Gasteiger partial charge in [-0.2, -0.15) is 5.26 Å². The summed E-state index contributed by atoms with van der Waals surface area (Å²) in [6.07, 6.45) is 0.116. The van der Waals surface area contributed by atoms with E-state index in [2.05, 4.69) is 0 Å². The zero-order valence-corrected chi connectivity index (χ0v) is 6.96. The number of nitriles is 1. The van der Waals surface area contributed by atoms with Gasteiger partial charge in [-0.15, -0.1) is 0 Å². The van der Waals surface area contributed by atoms with Gasteiger partial charge in [0, 0.05) is 6.42 Å². The molecule has 0 heterocycles. The van der Waals surface area contributed by atoms with Crippen molar-refractivity contribution in [3.63, 3.8) is 0 Å². The van der Waals surface area contributed by atoms with Crippen molar-refractivity contribution in [3.05, 3.63) is 35.6 Å². The van der Waals surface area contributed by atoms with Crippen LogP contribution in [0.5, 0.6) is 0 Å². The summed E-state index contributed by atoms with van der Waals surface area (Å²) < 4.78 is 12.4. The summed E-state index contributed by atoms with van der Waals surface area (Å²) in [6.45, 7) is 0. The maximum atomic E-state index is 12.4. The summed E-state index contributed by atoms with van der Waals surface area (Å²) in [7, 11) is 0. The third-order valence-electron chi connectivity index (χ3n) is 1.59. The van der Waals surface area contributed by atoms with E-state index in [9.17, 15) is 9.18 Å². The minimum absolute atomic E-state index is 0.0859. The smallest absolute Gasteiger partial charge is 0.151 e.